The summed E-state index contributed by atoms with van der Waals surface area (Å²) < 4.78 is 0. The predicted octanol–water partition coefficient (Wildman–Crippen LogP) is 2.05. The minimum absolute atomic E-state index is 0. The summed E-state index contributed by atoms with van der Waals surface area (Å²) in [5.74, 6) is 1.37. The predicted molar refractivity (Wildman–Crippen MR) is 72.4 cm³/mol. The number of nitrogens with one attached hydrogen (secondary N) is 1. The standard InChI is InChI=1S/C13H24N2O.ClH/c1-10(2)7-12-5-3-4-6-15(12)13(16)11-8-14-9-11;/h10-12,14H,3-9H2,1-2H3;1H. The molecule has 1 atom stereocenters. The lowest BCUT2D eigenvalue weighted by Gasteiger charge is -2.40. The molecule has 2 heterocycles. The molecule has 0 bridgehead atoms. The van der Waals surface area contributed by atoms with E-state index < -0.39 is 0 Å². The van der Waals surface area contributed by atoms with Crippen LogP contribution in [0.25, 0.3) is 0 Å². The summed E-state index contributed by atoms with van der Waals surface area (Å²) in [6.45, 7) is 7.28. The minimum atomic E-state index is 0. The van der Waals surface area contributed by atoms with Crippen molar-refractivity contribution in [1.29, 1.82) is 0 Å². The summed E-state index contributed by atoms with van der Waals surface area (Å²) in [5.41, 5.74) is 0. The van der Waals surface area contributed by atoms with Crippen LogP contribution in [0.2, 0.25) is 0 Å². The molecule has 4 heteroatoms. The van der Waals surface area contributed by atoms with Gasteiger partial charge in [-0.3, -0.25) is 4.79 Å². The van der Waals surface area contributed by atoms with E-state index in [4.69, 9.17) is 0 Å². The molecule has 0 aromatic heterocycles. The van der Waals surface area contributed by atoms with Crippen molar-refractivity contribution >= 4 is 18.3 Å². The second-order valence-corrected chi connectivity index (χ2v) is 5.67. The van der Waals surface area contributed by atoms with Crippen molar-refractivity contribution in [2.75, 3.05) is 19.6 Å². The van der Waals surface area contributed by atoms with Crippen LogP contribution >= 0.6 is 12.4 Å². The van der Waals surface area contributed by atoms with E-state index >= 15 is 0 Å². The molecular weight excluding hydrogens is 236 g/mol. The van der Waals surface area contributed by atoms with E-state index in [2.05, 4.69) is 24.1 Å². The summed E-state index contributed by atoms with van der Waals surface area (Å²) >= 11 is 0. The van der Waals surface area contributed by atoms with Gasteiger partial charge in [0.2, 0.25) is 5.91 Å². The summed E-state index contributed by atoms with van der Waals surface area (Å²) in [7, 11) is 0. The number of likely N-dealkylation sites (tertiary alicyclic amines) is 1. The van der Waals surface area contributed by atoms with Gasteiger partial charge in [-0.2, -0.15) is 0 Å². The fourth-order valence-electron chi connectivity index (χ4n) is 2.78. The fourth-order valence-corrected chi connectivity index (χ4v) is 2.78. The lowest BCUT2D eigenvalue weighted by molar-refractivity contribution is -0.141. The second kappa shape index (κ2) is 6.60. The van der Waals surface area contributed by atoms with Gasteiger partial charge in [0.25, 0.3) is 0 Å². The third-order valence-corrected chi connectivity index (χ3v) is 3.78. The van der Waals surface area contributed by atoms with Crippen LogP contribution in [0.15, 0.2) is 0 Å². The Morgan fingerprint density at radius 3 is 2.59 bits per heavy atom. The Hall–Kier alpha value is -0.280. The Bertz CT molecular complexity index is 254. The van der Waals surface area contributed by atoms with Crippen LogP contribution in [0.1, 0.15) is 39.5 Å². The van der Waals surface area contributed by atoms with E-state index in [1.165, 1.54) is 25.7 Å². The van der Waals surface area contributed by atoms with Gasteiger partial charge in [0.1, 0.15) is 0 Å². The molecular formula is C13H25ClN2O. The molecule has 100 valence electrons. The highest BCUT2D eigenvalue weighted by Crippen LogP contribution is 2.25. The highest BCUT2D eigenvalue weighted by atomic mass is 35.5. The Balaban J connectivity index is 0.00000144. The van der Waals surface area contributed by atoms with Crippen LogP contribution in [-0.2, 0) is 4.79 Å². The molecule has 17 heavy (non-hydrogen) atoms. The second-order valence-electron chi connectivity index (χ2n) is 5.67. The van der Waals surface area contributed by atoms with Gasteiger partial charge in [0.05, 0.1) is 5.92 Å². The van der Waals surface area contributed by atoms with E-state index in [1.807, 2.05) is 0 Å². The van der Waals surface area contributed by atoms with Gasteiger partial charge in [-0.15, -0.1) is 12.4 Å². The molecule has 0 aliphatic carbocycles. The number of rotatable bonds is 3. The molecule has 2 aliphatic heterocycles. The molecule has 0 radical (unpaired) electrons. The van der Waals surface area contributed by atoms with E-state index in [0.717, 1.165) is 19.6 Å². The Kier molecular flexibility index (Phi) is 5.74. The zero-order chi connectivity index (χ0) is 11.5. The number of carbonyl (C=O) groups excluding carboxylic acids is 1. The van der Waals surface area contributed by atoms with Crippen LogP contribution in [0, 0.1) is 11.8 Å². The third-order valence-electron chi connectivity index (χ3n) is 3.78. The van der Waals surface area contributed by atoms with Crippen molar-refractivity contribution in [3.05, 3.63) is 0 Å². The molecule has 2 saturated heterocycles. The van der Waals surface area contributed by atoms with Crippen LogP contribution in [0.3, 0.4) is 0 Å². The Morgan fingerprint density at radius 1 is 1.35 bits per heavy atom. The normalized spacial score (nSPS) is 25.4. The molecule has 2 rings (SSSR count). The summed E-state index contributed by atoms with van der Waals surface area (Å²) in [5, 5.41) is 3.19. The van der Waals surface area contributed by atoms with Crippen molar-refractivity contribution in [3.63, 3.8) is 0 Å². The zero-order valence-corrected chi connectivity index (χ0v) is 11.8. The average molecular weight is 261 g/mol. The fraction of sp³-hybridized carbons (Fsp3) is 0.923. The Morgan fingerprint density at radius 2 is 2.06 bits per heavy atom. The molecule has 2 aliphatic rings. The number of halogens is 1. The Labute approximate surface area is 111 Å². The largest absolute Gasteiger partial charge is 0.339 e. The van der Waals surface area contributed by atoms with Gasteiger partial charge in [-0.1, -0.05) is 13.8 Å². The smallest absolute Gasteiger partial charge is 0.228 e. The topological polar surface area (TPSA) is 32.3 Å². The highest BCUT2D eigenvalue weighted by Gasteiger charge is 2.34. The first-order valence-electron chi connectivity index (χ1n) is 6.69. The average Bonchev–Trinajstić information content (AvgIpc) is 2.14. The molecule has 0 spiro atoms. The minimum Gasteiger partial charge on any atom is -0.339 e. The van der Waals surface area contributed by atoms with E-state index in [9.17, 15) is 4.79 Å². The van der Waals surface area contributed by atoms with Gasteiger partial charge in [-0.25, -0.2) is 0 Å². The molecule has 0 aromatic carbocycles. The van der Waals surface area contributed by atoms with Crippen LogP contribution < -0.4 is 5.32 Å². The molecule has 1 unspecified atom stereocenters. The van der Waals surface area contributed by atoms with Crippen molar-refractivity contribution in [3.8, 4) is 0 Å². The lowest BCUT2D eigenvalue weighted by atomic mass is 9.91. The summed E-state index contributed by atoms with van der Waals surface area (Å²) in [6, 6.07) is 0.516. The zero-order valence-electron chi connectivity index (χ0n) is 10.9. The first-order chi connectivity index (χ1) is 7.68. The SMILES string of the molecule is CC(C)CC1CCCCN1C(=O)C1CNC1.Cl. The number of nitrogens with zero attached hydrogens (tertiary/aromatic N) is 1. The van der Waals surface area contributed by atoms with Gasteiger partial charge in [0.15, 0.2) is 0 Å². The van der Waals surface area contributed by atoms with Gasteiger partial charge in [0, 0.05) is 25.7 Å². The monoisotopic (exact) mass is 260 g/mol. The van der Waals surface area contributed by atoms with Crippen LogP contribution in [0.5, 0.6) is 0 Å². The molecule has 0 aromatic rings. The van der Waals surface area contributed by atoms with Crippen molar-refractivity contribution < 1.29 is 4.79 Å². The maximum Gasteiger partial charge on any atom is 0.228 e. The first-order valence-corrected chi connectivity index (χ1v) is 6.69. The number of piperidine rings is 1. The number of hydrogen-bond donors (Lipinski definition) is 1. The number of carbonyl (C=O) groups is 1. The van der Waals surface area contributed by atoms with Crippen LogP contribution in [-0.4, -0.2) is 36.5 Å². The maximum absolute atomic E-state index is 12.3. The number of hydrogen-bond acceptors (Lipinski definition) is 2. The van der Waals surface area contributed by atoms with E-state index in [1.54, 1.807) is 0 Å². The number of amides is 1. The highest BCUT2D eigenvalue weighted by molar-refractivity contribution is 5.85. The molecule has 1 amide bonds. The van der Waals surface area contributed by atoms with E-state index in [0.29, 0.717) is 17.9 Å². The van der Waals surface area contributed by atoms with Gasteiger partial charge >= 0.3 is 0 Å². The van der Waals surface area contributed by atoms with Crippen molar-refractivity contribution in [2.24, 2.45) is 11.8 Å². The van der Waals surface area contributed by atoms with Gasteiger partial charge < -0.3 is 10.2 Å². The lowest BCUT2D eigenvalue weighted by Crippen LogP contribution is -2.55. The molecule has 1 N–H and O–H groups in total. The molecule has 0 saturated carbocycles. The van der Waals surface area contributed by atoms with Crippen molar-refractivity contribution in [1.82, 2.24) is 10.2 Å². The third kappa shape index (κ3) is 3.59. The van der Waals surface area contributed by atoms with Crippen molar-refractivity contribution in [2.45, 2.75) is 45.6 Å². The summed E-state index contributed by atoms with van der Waals surface area (Å²) in [4.78, 5) is 14.4. The quantitative estimate of drug-likeness (QED) is 0.843. The molecule has 3 nitrogen and oxygen atoms in total. The summed E-state index contributed by atoms with van der Waals surface area (Å²) in [6.07, 6.45) is 4.88. The maximum atomic E-state index is 12.3. The molecule has 2 fully saturated rings. The van der Waals surface area contributed by atoms with E-state index in [-0.39, 0.29) is 18.3 Å². The first kappa shape index (κ1) is 14.8. The van der Waals surface area contributed by atoms with Crippen LogP contribution in [0.4, 0.5) is 0 Å². The van der Waals surface area contributed by atoms with Gasteiger partial charge in [-0.05, 0) is 31.6 Å².